The van der Waals surface area contributed by atoms with Crippen molar-refractivity contribution in [2.24, 2.45) is 5.92 Å². The zero-order valence-electron chi connectivity index (χ0n) is 8.93. The molecule has 0 saturated carbocycles. The highest BCUT2D eigenvalue weighted by atomic mass is 15.0. The van der Waals surface area contributed by atoms with Crippen molar-refractivity contribution in [3.63, 3.8) is 0 Å². The molecule has 0 spiro atoms. The molecule has 0 aromatic carbocycles. The van der Waals surface area contributed by atoms with Crippen LogP contribution in [0.3, 0.4) is 0 Å². The number of hydrogen-bond donors (Lipinski definition) is 1. The highest BCUT2D eigenvalue weighted by Crippen LogP contribution is 2.11. The van der Waals surface area contributed by atoms with Crippen LogP contribution in [-0.2, 0) is 0 Å². The van der Waals surface area contributed by atoms with Crippen molar-refractivity contribution in [1.82, 2.24) is 5.32 Å². The summed E-state index contributed by atoms with van der Waals surface area (Å²) in [4.78, 5) is 0. The summed E-state index contributed by atoms with van der Waals surface area (Å²) in [6, 6.07) is 2.31. The van der Waals surface area contributed by atoms with Gasteiger partial charge in [-0.25, -0.2) is 0 Å². The minimum atomic E-state index is -0.390. The lowest BCUT2D eigenvalue weighted by molar-refractivity contribution is 0.391. The number of rotatable bonds is 6. The second-order valence-corrected chi connectivity index (χ2v) is 4.05. The molecule has 0 fully saturated rings. The fourth-order valence-electron chi connectivity index (χ4n) is 1.00. The first-order chi connectivity index (χ1) is 6.04. The van der Waals surface area contributed by atoms with Crippen molar-refractivity contribution in [2.45, 2.75) is 39.2 Å². The Kier molecular flexibility index (Phi) is 5.41. The van der Waals surface area contributed by atoms with Crippen LogP contribution < -0.4 is 5.32 Å². The van der Waals surface area contributed by atoms with Gasteiger partial charge in [0.25, 0.3) is 0 Å². The highest BCUT2D eigenvalue weighted by molar-refractivity contribution is 5.04. The van der Waals surface area contributed by atoms with Crippen molar-refractivity contribution in [3.05, 3.63) is 12.7 Å². The summed E-state index contributed by atoms with van der Waals surface area (Å²) < 4.78 is 0. The number of nitrogens with one attached hydrogen (secondary N) is 1. The van der Waals surface area contributed by atoms with Gasteiger partial charge >= 0.3 is 0 Å². The van der Waals surface area contributed by atoms with Gasteiger partial charge in [-0.1, -0.05) is 19.9 Å². The largest absolute Gasteiger partial charge is 0.299 e. The molecule has 1 unspecified atom stereocenters. The Morgan fingerprint density at radius 3 is 2.62 bits per heavy atom. The van der Waals surface area contributed by atoms with E-state index >= 15 is 0 Å². The quantitative estimate of drug-likeness (QED) is 0.637. The van der Waals surface area contributed by atoms with Crippen LogP contribution in [0.15, 0.2) is 12.7 Å². The zero-order chi connectivity index (χ0) is 10.3. The molecule has 0 aliphatic rings. The average Bonchev–Trinajstić information content (AvgIpc) is 2.11. The Morgan fingerprint density at radius 2 is 2.23 bits per heavy atom. The van der Waals surface area contributed by atoms with Crippen LogP contribution in [-0.4, -0.2) is 12.1 Å². The van der Waals surface area contributed by atoms with Crippen LogP contribution in [0.4, 0.5) is 0 Å². The van der Waals surface area contributed by atoms with Crippen molar-refractivity contribution >= 4 is 0 Å². The molecule has 74 valence electrons. The molecule has 0 aliphatic heterocycles. The Labute approximate surface area is 81.6 Å². The minimum Gasteiger partial charge on any atom is -0.299 e. The van der Waals surface area contributed by atoms with Crippen LogP contribution in [0, 0.1) is 17.2 Å². The molecule has 0 heterocycles. The van der Waals surface area contributed by atoms with E-state index in [0.717, 1.165) is 19.4 Å². The van der Waals surface area contributed by atoms with Gasteiger partial charge in [0.2, 0.25) is 0 Å². The van der Waals surface area contributed by atoms with Crippen molar-refractivity contribution < 1.29 is 0 Å². The van der Waals surface area contributed by atoms with Crippen LogP contribution in [0.2, 0.25) is 0 Å². The second kappa shape index (κ2) is 5.77. The van der Waals surface area contributed by atoms with E-state index in [1.807, 2.05) is 13.0 Å². The van der Waals surface area contributed by atoms with Crippen LogP contribution in [0.25, 0.3) is 0 Å². The molecule has 0 bridgehead atoms. The van der Waals surface area contributed by atoms with Gasteiger partial charge in [-0.3, -0.25) is 5.32 Å². The highest BCUT2D eigenvalue weighted by Gasteiger charge is 2.21. The number of nitrogens with zero attached hydrogens (tertiary/aromatic N) is 1. The first kappa shape index (κ1) is 12.2. The third kappa shape index (κ3) is 5.43. The van der Waals surface area contributed by atoms with E-state index in [1.165, 1.54) is 0 Å². The second-order valence-electron chi connectivity index (χ2n) is 4.05. The summed E-state index contributed by atoms with van der Waals surface area (Å²) in [6.45, 7) is 10.8. The fraction of sp³-hybridized carbons (Fsp3) is 0.727. The molecule has 0 aliphatic carbocycles. The van der Waals surface area contributed by atoms with E-state index in [4.69, 9.17) is 5.26 Å². The van der Waals surface area contributed by atoms with Gasteiger partial charge in [0, 0.05) is 0 Å². The van der Waals surface area contributed by atoms with E-state index in [1.54, 1.807) is 0 Å². The number of allylic oxidation sites excluding steroid dienone is 1. The van der Waals surface area contributed by atoms with Gasteiger partial charge < -0.3 is 0 Å². The predicted molar refractivity (Wildman–Crippen MR) is 56.3 cm³/mol. The normalized spacial score (nSPS) is 15.0. The molecule has 0 aromatic heterocycles. The van der Waals surface area contributed by atoms with Gasteiger partial charge in [-0.05, 0) is 32.2 Å². The lowest BCUT2D eigenvalue weighted by Gasteiger charge is -2.23. The van der Waals surface area contributed by atoms with Crippen molar-refractivity contribution in [1.29, 1.82) is 5.26 Å². The van der Waals surface area contributed by atoms with E-state index in [9.17, 15) is 0 Å². The summed E-state index contributed by atoms with van der Waals surface area (Å²) in [5.41, 5.74) is -0.390. The molecule has 13 heavy (non-hydrogen) atoms. The SMILES string of the molecule is C=CCCC(C)(C#N)NCC(C)C. The monoisotopic (exact) mass is 180 g/mol. The Hall–Kier alpha value is -0.810. The van der Waals surface area contributed by atoms with E-state index in [0.29, 0.717) is 5.92 Å². The molecule has 0 saturated heterocycles. The van der Waals surface area contributed by atoms with E-state index < -0.39 is 5.54 Å². The average molecular weight is 180 g/mol. The van der Waals surface area contributed by atoms with Gasteiger partial charge in [0.1, 0.15) is 5.54 Å². The summed E-state index contributed by atoms with van der Waals surface area (Å²) >= 11 is 0. The van der Waals surface area contributed by atoms with Crippen LogP contribution in [0.5, 0.6) is 0 Å². The number of hydrogen-bond acceptors (Lipinski definition) is 2. The summed E-state index contributed by atoms with van der Waals surface area (Å²) in [6.07, 6.45) is 3.57. The first-order valence-electron chi connectivity index (χ1n) is 4.81. The van der Waals surface area contributed by atoms with Crippen molar-refractivity contribution in [3.8, 4) is 6.07 Å². The molecule has 0 rings (SSSR count). The molecule has 1 N–H and O–H groups in total. The Morgan fingerprint density at radius 1 is 1.62 bits per heavy atom. The van der Waals surface area contributed by atoms with Crippen molar-refractivity contribution in [2.75, 3.05) is 6.54 Å². The van der Waals surface area contributed by atoms with Gasteiger partial charge in [0.05, 0.1) is 6.07 Å². The Balaban J connectivity index is 3.97. The van der Waals surface area contributed by atoms with E-state index in [-0.39, 0.29) is 0 Å². The van der Waals surface area contributed by atoms with Crippen LogP contribution in [0.1, 0.15) is 33.6 Å². The molecular formula is C11H20N2. The maximum atomic E-state index is 8.98. The molecule has 2 heteroatoms. The smallest absolute Gasteiger partial charge is 0.104 e. The summed E-state index contributed by atoms with van der Waals surface area (Å²) in [5.74, 6) is 0.580. The molecule has 0 amide bonds. The zero-order valence-corrected chi connectivity index (χ0v) is 8.93. The lowest BCUT2D eigenvalue weighted by atomic mass is 9.97. The fourth-order valence-corrected chi connectivity index (χ4v) is 1.00. The first-order valence-corrected chi connectivity index (χ1v) is 4.81. The maximum absolute atomic E-state index is 8.98. The van der Waals surface area contributed by atoms with Crippen LogP contribution >= 0.6 is 0 Å². The lowest BCUT2D eigenvalue weighted by Crippen LogP contribution is -2.42. The van der Waals surface area contributed by atoms with Gasteiger partial charge in [-0.15, -0.1) is 6.58 Å². The molecule has 0 radical (unpaired) electrons. The standard InChI is InChI=1S/C11H20N2/c1-5-6-7-11(4,9-12)13-8-10(2)3/h5,10,13H,1,6-8H2,2-4H3. The molecule has 0 aromatic rings. The molecule has 2 nitrogen and oxygen atoms in total. The third-order valence-electron chi connectivity index (χ3n) is 2.00. The predicted octanol–water partition coefficient (Wildman–Crippen LogP) is 2.48. The van der Waals surface area contributed by atoms with Gasteiger partial charge in [-0.2, -0.15) is 5.26 Å². The number of nitriles is 1. The molecule has 1 atom stereocenters. The summed E-state index contributed by atoms with van der Waals surface area (Å²) in [7, 11) is 0. The molecular weight excluding hydrogens is 160 g/mol. The third-order valence-corrected chi connectivity index (χ3v) is 2.00. The summed E-state index contributed by atoms with van der Waals surface area (Å²) in [5, 5.41) is 12.2. The van der Waals surface area contributed by atoms with Gasteiger partial charge in [0.15, 0.2) is 0 Å². The maximum Gasteiger partial charge on any atom is 0.104 e. The topological polar surface area (TPSA) is 35.8 Å². The van der Waals surface area contributed by atoms with E-state index in [2.05, 4.69) is 31.8 Å². The minimum absolute atomic E-state index is 0.390. The Bertz CT molecular complexity index is 191.